The number of hydrogen-bond acceptors (Lipinski definition) is 8. The number of imide groups is 1. The first-order chi connectivity index (χ1) is 16.1. The third-order valence-electron chi connectivity index (χ3n) is 5.34. The molecule has 1 fully saturated rings. The van der Waals surface area contributed by atoms with Crippen molar-refractivity contribution in [1.82, 2.24) is 25.7 Å². The zero-order valence-electron chi connectivity index (χ0n) is 21.0. The van der Waals surface area contributed by atoms with Crippen molar-refractivity contribution in [3.8, 4) is 11.8 Å². The second-order valence-corrected chi connectivity index (χ2v) is 11.1. The fourth-order valence-electron chi connectivity index (χ4n) is 3.80. The molecular formula is C24H37N5O4S. The maximum absolute atomic E-state index is 13.1. The lowest BCUT2D eigenvalue weighted by Crippen LogP contribution is -2.50. The van der Waals surface area contributed by atoms with Crippen LogP contribution in [0, 0.1) is 23.7 Å². The van der Waals surface area contributed by atoms with Crippen molar-refractivity contribution in [2.45, 2.75) is 82.2 Å². The summed E-state index contributed by atoms with van der Waals surface area (Å²) in [5, 5.41) is 14.2. The van der Waals surface area contributed by atoms with Crippen LogP contribution in [0.15, 0.2) is 9.64 Å². The molecule has 10 heteroatoms. The van der Waals surface area contributed by atoms with Crippen LogP contribution in [0.25, 0.3) is 0 Å². The van der Waals surface area contributed by atoms with Crippen LogP contribution in [0.3, 0.4) is 0 Å². The summed E-state index contributed by atoms with van der Waals surface area (Å²) < 4.78 is 5.73. The quantitative estimate of drug-likeness (QED) is 0.400. The predicted octanol–water partition coefficient (Wildman–Crippen LogP) is 2.58. The molecule has 3 atom stereocenters. The van der Waals surface area contributed by atoms with Crippen molar-refractivity contribution in [3.63, 3.8) is 0 Å². The van der Waals surface area contributed by atoms with Crippen molar-refractivity contribution in [2.75, 3.05) is 20.6 Å². The van der Waals surface area contributed by atoms with Crippen molar-refractivity contribution in [2.24, 2.45) is 11.8 Å². The molecule has 1 aromatic rings. The van der Waals surface area contributed by atoms with E-state index >= 15 is 0 Å². The van der Waals surface area contributed by atoms with E-state index in [1.54, 1.807) is 0 Å². The van der Waals surface area contributed by atoms with E-state index in [0.717, 1.165) is 12.8 Å². The van der Waals surface area contributed by atoms with Gasteiger partial charge in [-0.3, -0.25) is 24.6 Å². The first-order valence-corrected chi connectivity index (χ1v) is 12.7. The normalized spacial score (nSPS) is 19.0. The maximum Gasteiger partial charge on any atom is 0.296 e. The predicted molar refractivity (Wildman–Crippen MR) is 131 cm³/mol. The Morgan fingerprint density at radius 2 is 1.85 bits per heavy atom. The van der Waals surface area contributed by atoms with Crippen molar-refractivity contribution >= 4 is 29.5 Å². The number of thioether (sulfide) groups is 1. The van der Waals surface area contributed by atoms with Gasteiger partial charge in [-0.25, -0.2) is 0 Å². The van der Waals surface area contributed by atoms with Crippen LogP contribution in [-0.4, -0.2) is 64.8 Å². The van der Waals surface area contributed by atoms with Gasteiger partial charge in [0, 0.05) is 11.3 Å². The minimum absolute atomic E-state index is 0.182. The molecular weight excluding hydrogens is 454 g/mol. The molecule has 0 aromatic carbocycles. The van der Waals surface area contributed by atoms with Crippen molar-refractivity contribution in [3.05, 3.63) is 5.89 Å². The summed E-state index contributed by atoms with van der Waals surface area (Å²) in [6.45, 7) is 8.48. The number of carbonyl (C=O) groups excluding carboxylic acids is 3. The van der Waals surface area contributed by atoms with Gasteiger partial charge >= 0.3 is 0 Å². The summed E-state index contributed by atoms with van der Waals surface area (Å²) in [6.07, 6.45) is 3.50. The molecule has 1 aliphatic rings. The Labute approximate surface area is 206 Å². The van der Waals surface area contributed by atoms with E-state index in [-0.39, 0.29) is 29.0 Å². The number of nitrogens with zero attached hydrogens (tertiary/aromatic N) is 3. The third-order valence-corrected chi connectivity index (χ3v) is 6.18. The molecule has 0 bridgehead atoms. The van der Waals surface area contributed by atoms with Crippen LogP contribution in [0.5, 0.6) is 0 Å². The Balaban J connectivity index is 2.08. The van der Waals surface area contributed by atoms with Crippen LogP contribution < -0.4 is 10.6 Å². The van der Waals surface area contributed by atoms with Crippen molar-refractivity contribution in [1.29, 1.82) is 0 Å². The third kappa shape index (κ3) is 9.11. The Kier molecular flexibility index (Phi) is 11.1. The van der Waals surface area contributed by atoms with Gasteiger partial charge in [0.25, 0.3) is 11.1 Å². The van der Waals surface area contributed by atoms with E-state index in [1.807, 2.05) is 46.7 Å². The van der Waals surface area contributed by atoms with Crippen LogP contribution >= 0.6 is 11.8 Å². The lowest BCUT2D eigenvalue weighted by atomic mass is 9.83. The molecule has 1 aromatic heterocycles. The molecule has 0 aliphatic heterocycles. The molecule has 3 amide bonds. The topological polar surface area (TPSA) is 117 Å². The number of nitrogens with one attached hydrogen (secondary N) is 2. The minimum atomic E-state index is -0.716. The fourth-order valence-corrected chi connectivity index (χ4v) is 4.43. The van der Waals surface area contributed by atoms with Gasteiger partial charge < -0.3 is 9.73 Å². The number of amides is 3. The SMILES string of the molecule is CC(C)CC(C(=O)NC(=O)[C@@H]1CCCC[C@@H]1NC(=O)C#CCN(C)C)c1nnc(SC(C)C)o1. The standard InChI is InChI=1S/C24H37N5O4S/c1-15(2)14-18(23-27-28-24(33-23)34-16(3)4)22(32)26-21(31)17-10-7-8-11-19(17)25-20(30)12-9-13-29(5)6/h15-19H,7-8,10-11,13-14H2,1-6H3,(H,25,30)(H,26,31,32)/t17-,18?,19+/m1/s1. The highest BCUT2D eigenvalue weighted by Gasteiger charge is 2.35. The molecule has 2 rings (SSSR count). The summed E-state index contributed by atoms with van der Waals surface area (Å²) >= 11 is 1.42. The van der Waals surface area contributed by atoms with E-state index in [4.69, 9.17) is 4.42 Å². The van der Waals surface area contributed by atoms with Gasteiger partial charge in [0.15, 0.2) is 0 Å². The number of aromatic nitrogens is 2. The van der Waals surface area contributed by atoms with Crippen LogP contribution in [0.1, 0.15) is 71.6 Å². The average molecular weight is 492 g/mol. The largest absolute Gasteiger partial charge is 0.415 e. The van der Waals surface area contributed by atoms with Gasteiger partial charge in [-0.2, -0.15) is 0 Å². The highest BCUT2D eigenvalue weighted by atomic mass is 32.2. The smallest absolute Gasteiger partial charge is 0.296 e. The van der Waals surface area contributed by atoms with E-state index in [2.05, 4.69) is 32.7 Å². The minimum Gasteiger partial charge on any atom is -0.415 e. The number of carbonyl (C=O) groups is 3. The average Bonchev–Trinajstić information content (AvgIpc) is 3.19. The van der Waals surface area contributed by atoms with Gasteiger partial charge in [0.2, 0.25) is 17.7 Å². The number of rotatable bonds is 9. The first-order valence-electron chi connectivity index (χ1n) is 11.9. The Morgan fingerprint density at radius 3 is 2.50 bits per heavy atom. The molecule has 188 valence electrons. The van der Waals surface area contributed by atoms with Crippen LogP contribution in [0.2, 0.25) is 0 Å². The molecule has 9 nitrogen and oxygen atoms in total. The first kappa shape index (κ1) is 27.9. The molecule has 2 N–H and O–H groups in total. The summed E-state index contributed by atoms with van der Waals surface area (Å²) in [5.41, 5.74) is 0. The Bertz CT molecular complexity index is 903. The zero-order chi connectivity index (χ0) is 25.3. The molecule has 0 spiro atoms. The van der Waals surface area contributed by atoms with Crippen molar-refractivity contribution < 1.29 is 18.8 Å². The van der Waals surface area contributed by atoms with Gasteiger partial charge in [-0.05, 0) is 45.2 Å². The van der Waals surface area contributed by atoms with Gasteiger partial charge in [-0.15, -0.1) is 10.2 Å². The molecule has 0 radical (unpaired) electrons. The van der Waals surface area contributed by atoms with E-state index in [1.165, 1.54) is 11.8 Å². The number of hydrogen-bond donors (Lipinski definition) is 2. The Hall–Kier alpha value is -2.38. The fraction of sp³-hybridized carbons (Fsp3) is 0.708. The van der Waals surface area contributed by atoms with E-state index in [9.17, 15) is 14.4 Å². The molecule has 1 heterocycles. The van der Waals surface area contributed by atoms with Crippen LogP contribution in [0.4, 0.5) is 0 Å². The van der Waals surface area contributed by atoms with E-state index < -0.39 is 23.7 Å². The Morgan fingerprint density at radius 1 is 1.15 bits per heavy atom. The maximum atomic E-state index is 13.1. The molecule has 1 unspecified atom stereocenters. The molecule has 1 saturated carbocycles. The highest BCUT2D eigenvalue weighted by Crippen LogP contribution is 2.29. The zero-order valence-corrected chi connectivity index (χ0v) is 21.8. The summed E-state index contributed by atoms with van der Waals surface area (Å²) in [5.74, 6) is 3.31. The molecule has 34 heavy (non-hydrogen) atoms. The van der Waals surface area contributed by atoms with Gasteiger partial charge in [0.05, 0.1) is 12.5 Å². The summed E-state index contributed by atoms with van der Waals surface area (Å²) in [7, 11) is 3.74. The van der Waals surface area contributed by atoms with Gasteiger partial charge in [-0.1, -0.05) is 58.2 Å². The van der Waals surface area contributed by atoms with E-state index in [0.29, 0.717) is 31.0 Å². The monoisotopic (exact) mass is 491 g/mol. The lowest BCUT2D eigenvalue weighted by Gasteiger charge is -2.30. The molecule has 0 saturated heterocycles. The summed E-state index contributed by atoms with van der Waals surface area (Å²) in [6, 6.07) is -0.358. The summed E-state index contributed by atoms with van der Waals surface area (Å²) in [4.78, 5) is 40.3. The lowest BCUT2D eigenvalue weighted by molar-refractivity contribution is -0.135. The van der Waals surface area contributed by atoms with Crippen LogP contribution in [-0.2, 0) is 14.4 Å². The molecule has 1 aliphatic carbocycles. The second-order valence-electron chi connectivity index (χ2n) is 9.62. The second kappa shape index (κ2) is 13.5. The highest BCUT2D eigenvalue weighted by molar-refractivity contribution is 7.99. The van der Waals surface area contributed by atoms with Gasteiger partial charge in [0.1, 0.15) is 5.92 Å².